The minimum atomic E-state index is -2.61. The van der Waals surface area contributed by atoms with Gasteiger partial charge in [-0.3, -0.25) is 4.39 Å². The predicted molar refractivity (Wildman–Crippen MR) is 236 cm³/mol. The van der Waals surface area contributed by atoms with E-state index in [9.17, 15) is 4.39 Å². The number of aromatic nitrogens is 2. The summed E-state index contributed by atoms with van der Waals surface area (Å²) in [6.45, 7) is 7.48. The van der Waals surface area contributed by atoms with E-state index in [1.807, 2.05) is 57.3 Å². The van der Waals surface area contributed by atoms with Crippen LogP contribution in [0.4, 0.5) is 4.39 Å². The summed E-state index contributed by atoms with van der Waals surface area (Å²) in [4.78, 5) is 8.97. The molecule has 3 aromatic heterocycles. The Hall–Kier alpha value is -5.26. The van der Waals surface area contributed by atoms with Crippen molar-refractivity contribution in [2.45, 2.75) is 59.5 Å². The first kappa shape index (κ1) is 31.8. The van der Waals surface area contributed by atoms with Crippen LogP contribution >= 0.6 is 0 Å². The molecule has 6 aromatic carbocycles. The van der Waals surface area contributed by atoms with Gasteiger partial charge in [0.15, 0.2) is 0 Å². The van der Waals surface area contributed by atoms with Crippen LogP contribution in [-0.4, -0.2) is 18.0 Å². The van der Waals surface area contributed by atoms with Gasteiger partial charge in [0.1, 0.15) is 5.58 Å². The van der Waals surface area contributed by atoms with E-state index < -0.39 is 27.2 Å². The number of rotatable bonds is 4. The molecule has 3 heterocycles. The van der Waals surface area contributed by atoms with Crippen LogP contribution < -0.4 is 5.19 Å². The molecule has 0 fully saturated rings. The molecule has 1 radical (unpaired) electrons. The Morgan fingerprint density at radius 1 is 0.719 bits per heavy atom. The van der Waals surface area contributed by atoms with Crippen LogP contribution in [0.15, 0.2) is 132 Å². The number of aryl methyl sites for hydroxylation is 2. The third-order valence-electron chi connectivity index (χ3n) is 10.2. The Labute approximate surface area is 359 Å². The Morgan fingerprint density at radius 3 is 2.23 bits per heavy atom. The standard InChI is InChI=1S/C37H30NO.C14H15FNSi.Ir/c1-22-17-26(37(3,4)5)15-16-27(22)31-19-34(38-21-23(31)2)30-12-8-11-29-33-18-25-14-13-24-9-6-7-10-28(24)32(25)20-35(33)39-36(29)30;1-17(2,3)13-8-9-14(16-10-13)11-4-6-12(15)7-5-11;/h6-11,13-21H,1-5H3;4,6-10H,1-3H3;/q2*-1;/i1D3,2D3,16D;;. The summed E-state index contributed by atoms with van der Waals surface area (Å²) in [5, 5.41) is 7.48. The van der Waals surface area contributed by atoms with Gasteiger partial charge in [0.05, 0.1) is 15.0 Å². The number of benzene rings is 6. The molecule has 0 aliphatic rings. The Balaban J connectivity index is 0.000000286. The van der Waals surface area contributed by atoms with Gasteiger partial charge in [-0.2, -0.15) is 0 Å². The molecule has 57 heavy (non-hydrogen) atoms. The van der Waals surface area contributed by atoms with Crippen molar-refractivity contribution in [2.75, 3.05) is 0 Å². The van der Waals surface area contributed by atoms with Crippen LogP contribution in [0.1, 0.15) is 47.1 Å². The van der Waals surface area contributed by atoms with E-state index in [1.165, 1.54) is 23.5 Å². The summed E-state index contributed by atoms with van der Waals surface area (Å²) in [6, 6.07) is 39.6. The fourth-order valence-electron chi connectivity index (χ4n) is 6.95. The molecule has 0 unspecified atom stereocenters. The number of hydrogen-bond acceptors (Lipinski definition) is 3. The van der Waals surface area contributed by atoms with E-state index >= 15 is 0 Å². The largest absolute Gasteiger partial charge is 0.501 e. The minimum Gasteiger partial charge on any atom is -0.501 e. The first-order valence-electron chi connectivity index (χ1n) is 22.1. The van der Waals surface area contributed by atoms with Crippen LogP contribution in [0.2, 0.25) is 19.6 Å². The molecule has 9 aromatic rings. The fraction of sp³-hybridized carbons (Fsp3) is 0.176. The average Bonchev–Trinajstić information content (AvgIpc) is 3.59. The maximum absolute atomic E-state index is 12.8. The molecular formula is C51H45FIrN2OSi-2. The molecule has 0 N–H and O–H groups in total. The summed E-state index contributed by atoms with van der Waals surface area (Å²) < 4.78 is 78.1. The van der Waals surface area contributed by atoms with Gasteiger partial charge in [-0.1, -0.05) is 124 Å². The number of halogens is 1. The van der Waals surface area contributed by atoms with E-state index in [4.69, 9.17) is 14.0 Å². The average molecular weight is 948 g/mol. The smallest absolute Gasteiger partial charge is 0.121 e. The van der Waals surface area contributed by atoms with Crippen molar-refractivity contribution < 1.29 is 38.5 Å². The van der Waals surface area contributed by atoms with Crippen LogP contribution in [0.25, 0.3) is 77.1 Å². The zero-order valence-corrected chi connectivity index (χ0v) is 36.0. The molecule has 0 atom stereocenters. The maximum Gasteiger partial charge on any atom is 0.121 e. The molecule has 0 saturated carbocycles. The zero-order chi connectivity index (χ0) is 45.2. The van der Waals surface area contributed by atoms with Gasteiger partial charge in [-0.05, 0) is 97.2 Å². The van der Waals surface area contributed by atoms with Crippen molar-refractivity contribution in [3.63, 3.8) is 0 Å². The van der Waals surface area contributed by atoms with Crippen LogP contribution in [0.3, 0.4) is 0 Å². The molecule has 0 spiro atoms. The summed E-state index contributed by atoms with van der Waals surface area (Å²) in [7, 11) is -1.30. The van der Waals surface area contributed by atoms with Crippen LogP contribution in [0, 0.1) is 31.7 Å². The van der Waals surface area contributed by atoms with E-state index in [2.05, 4.69) is 78.1 Å². The second-order valence-corrected chi connectivity index (χ2v) is 21.3. The van der Waals surface area contributed by atoms with Gasteiger partial charge in [-0.15, -0.1) is 48.0 Å². The van der Waals surface area contributed by atoms with Crippen molar-refractivity contribution in [3.05, 3.63) is 162 Å². The van der Waals surface area contributed by atoms with Crippen molar-refractivity contribution in [1.82, 2.24) is 9.97 Å². The van der Waals surface area contributed by atoms with Crippen molar-refractivity contribution in [1.29, 1.82) is 0 Å². The molecule has 0 aliphatic carbocycles. The van der Waals surface area contributed by atoms with E-state index in [1.54, 1.807) is 30.3 Å². The summed E-state index contributed by atoms with van der Waals surface area (Å²) in [6.07, 6.45) is 3.19. The molecule has 3 nitrogen and oxygen atoms in total. The van der Waals surface area contributed by atoms with Gasteiger partial charge in [0, 0.05) is 51.9 Å². The first-order chi connectivity index (χ1) is 29.6. The SMILES string of the molecule is C[Si](C)(C)c1ccc(-c2[c-]cc(F)cc2)nc1.[2H]c1cc(C(C)(C)C)cc(C([2H])([2H])[2H])c1-c1cc(-c2[c-]ccc3c2oc2cc4c(ccc5ccccc54)cc23)ncc1C([2H])([2H])[2H].[Ir]. The van der Waals surface area contributed by atoms with Crippen molar-refractivity contribution >= 4 is 56.7 Å². The molecule has 9 rings (SSSR count). The summed E-state index contributed by atoms with van der Waals surface area (Å²) in [5.41, 5.74) is 3.99. The predicted octanol–water partition coefficient (Wildman–Crippen LogP) is 13.6. The molecular weight excluding hydrogens is 896 g/mol. The number of nitrogens with zero attached hydrogens (tertiary/aromatic N) is 2. The van der Waals surface area contributed by atoms with Gasteiger partial charge >= 0.3 is 0 Å². The van der Waals surface area contributed by atoms with E-state index in [0.29, 0.717) is 28.0 Å². The molecule has 287 valence electrons. The van der Waals surface area contributed by atoms with Gasteiger partial charge in [-0.25, -0.2) is 0 Å². The number of hydrogen-bond donors (Lipinski definition) is 0. The third-order valence-corrected chi connectivity index (χ3v) is 12.2. The van der Waals surface area contributed by atoms with Crippen molar-refractivity contribution in [3.8, 4) is 33.6 Å². The number of furan rings is 1. The normalized spacial score (nSPS) is 14.1. The maximum atomic E-state index is 12.8. The van der Waals surface area contributed by atoms with Gasteiger partial charge < -0.3 is 14.4 Å². The topological polar surface area (TPSA) is 38.9 Å². The Morgan fingerprint density at radius 2 is 1.51 bits per heavy atom. The van der Waals surface area contributed by atoms with Crippen molar-refractivity contribution in [2.24, 2.45) is 0 Å². The van der Waals surface area contributed by atoms with E-state index in [-0.39, 0.29) is 54.2 Å². The molecule has 6 heteroatoms. The zero-order valence-electron chi connectivity index (χ0n) is 39.6. The minimum absolute atomic E-state index is 0. The Bertz CT molecular complexity index is 3190. The summed E-state index contributed by atoms with van der Waals surface area (Å²) >= 11 is 0. The monoisotopic (exact) mass is 948 g/mol. The quantitative estimate of drug-likeness (QED) is 0.100. The van der Waals surface area contributed by atoms with E-state index in [0.717, 1.165) is 43.6 Å². The molecule has 0 bridgehead atoms. The van der Waals surface area contributed by atoms with Crippen LogP contribution in [0.5, 0.6) is 0 Å². The molecule has 0 amide bonds. The first-order valence-corrected chi connectivity index (χ1v) is 22.1. The Kier molecular flexibility index (Phi) is 8.69. The fourth-order valence-corrected chi connectivity index (χ4v) is 7.98. The second kappa shape index (κ2) is 15.6. The molecule has 0 aliphatic heterocycles. The number of pyridine rings is 2. The molecule has 0 saturated heterocycles. The second-order valence-electron chi connectivity index (χ2n) is 16.2. The van der Waals surface area contributed by atoms with Gasteiger partial charge in [0.2, 0.25) is 0 Å². The number of fused-ring (bicyclic) bond motifs is 6. The van der Waals surface area contributed by atoms with Gasteiger partial charge in [0.25, 0.3) is 0 Å². The summed E-state index contributed by atoms with van der Waals surface area (Å²) in [5.74, 6) is -0.271. The third kappa shape index (κ3) is 8.00. The van der Waals surface area contributed by atoms with Crippen LogP contribution in [-0.2, 0) is 25.5 Å².